The molecule has 0 aliphatic carbocycles. The summed E-state index contributed by atoms with van der Waals surface area (Å²) in [5, 5.41) is 2.13. The Labute approximate surface area is 127 Å². The van der Waals surface area contributed by atoms with Crippen LogP contribution in [-0.2, 0) is 6.42 Å². The molecule has 2 N–H and O–H groups in total. The summed E-state index contributed by atoms with van der Waals surface area (Å²) in [4.78, 5) is 3.70. The summed E-state index contributed by atoms with van der Waals surface area (Å²) >= 11 is 5.46. The molecule has 1 aromatic carbocycles. The lowest BCUT2D eigenvalue weighted by molar-refractivity contribution is 0.815. The minimum absolute atomic E-state index is 0.0711. The van der Waals surface area contributed by atoms with Crippen LogP contribution in [0.15, 0.2) is 40.2 Å². The highest BCUT2D eigenvalue weighted by Crippen LogP contribution is 2.28. The smallest absolute Gasteiger partial charge is 0.0508 e. The average Bonchev–Trinajstić information content (AvgIpc) is 2.88. The van der Waals surface area contributed by atoms with Gasteiger partial charge in [0.05, 0.1) is 5.69 Å². The highest BCUT2D eigenvalue weighted by atomic mass is 79.9. The molecule has 2 rings (SSSR count). The third-order valence-electron chi connectivity index (χ3n) is 3.18. The average molecular weight is 339 g/mol. The molecular weight excluding hydrogens is 320 g/mol. The molecule has 1 heterocycles. The van der Waals surface area contributed by atoms with E-state index < -0.39 is 0 Å². The van der Waals surface area contributed by atoms with Gasteiger partial charge in [-0.05, 0) is 58.4 Å². The van der Waals surface area contributed by atoms with Gasteiger partial charge in [-0.2, -0.15) is 0 Å². The molecule has 0 aliphatic rings. The van der Waals surface area contributed by atoms with E-state index in [9.17, 15) is 0 Å². The lowest BCUT2D eigenvalue weighted by atomic mass is 10.1. The summed E-state index contributed by atoms with van der Waals surface area (Å²) in [6.45, 7) is 3.01. The molecule has 0 spiro atoms. The van der Waals surface area contributed by atoms with Crippen LogP contribution < -0.4 is 10.6 Å². The topological polar surface area (TPSA) is 29.3 Å². The van der Waals surface area contributed by atoms with E-state index in [-0.39, 0.29) is 6.04 Å². The normalized spacial score (nSPS) is 12.4. The molecule has 4 heteroatoms. The van der Waals surface area contributed by atoms with Gasteiger partial charge in [0.2, 0.25) is 0 Å². The first-order valence-corrected chi connectivity index (χ1v) is 8.03. The Balaban J connectivity index is 2.04. The number of halogens is 1. The van der Waals surface area contributed by atoms with Crippen LogP contribution in [-0.4, -0.2) is 13.6 Å². The Morgan fingerprint density at radius 2 is 2.16 bits per heavy atom. The minimum atomic E-state index is 0.0711. The Kier molecular flexibility index (Phi) is 5.02. The summed E-state index contributed by atoms with van der Waals surface area (Å²) < 4.78 is 1.11. The van der Waals surface area contributed by atoms with E-state index >= 15 is 0 Å². The Bertz CT molecular complexity index is 523. The lowest BCUT2D eigenvalue weighted by Gasteiger charge is -2.21. The van der Waals surface area contributed by atoms with Crippen molar-refractivity contribution in [1.29, 1.82) is 0 Å². The van der Waals surface area contributed by atoms with E-state index in [0.29, 0.717) is 0 Å². The number of thiophene rings is 1. The van der Waals surface area contributed by atoms with Crippen molar-refractivity contribution in [2.75, 3.05) is 18.5 Å². The number of hydrogen-bond acceptors (Lipinski definition) is 3. The fraction of sp³-hybridized carbons (Fsp3) is 0.333. The summed E-state index contributed by atoms with van der Waals surface area (Å²) in [7, 11) is 2.12. The first kappa shape index (κ1) is 14.6. The van der Waals surface area contributed by atoms with Crippen LogP contribution in [0.4, 0.5) is 5.69 Å². The van der Waals surface area contributed by atoms with Crippen LogP contribution >= 0.6 is 27.3 Å². The van der Waals surface area contributed by atoms with Gasteiger partial charge in [0, 0.05) is 29.0 Å². The van der Waals surface area contributed by atoms with Crippen molar-refractivity contribution in [2.24, 2.45) is 5.73 Å². The maximum Gasteiger partial charge on any atom is 0.0508 e. The van der Waals surface area contributed by atoms with E-state index in [1.165, 1.54) is 10.6 Å². The van der Waals surface area contributed by atoms with Gasteiger partial charge in [0.1, 0.15) is 0 Å². The van der Waals surface area contributed by atoms with Crippen molar-refractivity contribution in [2.45, 2.75) is 19.4 Å². The monoisotopic (exact) mass is 338 g/mol. The highest BCUT2D eigenvalue weighted by Gasteiger charge is 2.08. The van der Waals surface area contributed by atoms with Gasteiger partial charge < -0.3 is 10.6 Å². The molecule has 2 aromatic rings. The van der Waals surface area contributed by atoms with Crippen molar-refractivity contribution in [1.82, 2.24) is 0 Å². The van der Waals surface area contributed by atoms with Crippen LogP contribution in [0.3, 0.4) is 0 Å². The van der Waals surface area contributed by atoms with E-state index in [4.69, 9.17) is 5.73 Å². The minimum Gasteiger partial charge on any atom is -0.373 e. The second kappa shape index (κ2) is 6.55. The van der Waals surface area contributed by atoms with Gasteiger partial charge >= 0.3 is 0 Å². The predicted octanol–water partition coefficient (Wildman–Crippen LogP) is 4.21. The molecule has 1 aromatic heterocycles. The summed E-state index contributed by atoms with van der Waals surface area (Å²) in [6, 6.07) is 10.7. The molecule has 0 radical (unpaired) electrons. The standard InChI is InChI=1S/C15H19BrN2S/c1-11(17)12-5-6-15(14(16)10-12)18(2)8-7-13-4-3-9-19-13/h3-6,9-11H,7-8,17H2,1-2H3. The van der Waals surface area contributed by atoms with Crippen LogP contribution in [0.1, 0.15) is 23.4 Å². The lowest BCUT2D eigenvalue weighted by Crippen LogP contribution is -2.20. The van der Waals surface area contributed by atoms with Crippen LogP contribution in [0, 0.1) is 0 Å². The van der Waals surface area contributed by atoms with Crippen LogP contribution in [0.5, 0.6) is 0 Å². The maximum absolute atomic E-state index is 5.90. The molecule has 19 heavy (non-hydrogen) atoms. The molecule has 0 aliphatic heterocycles. The van der Waals surface area contributed by atoms with Crippen molar-refractivity contribution in [3.8, 4) is 0 Å². The van der Waals surface area contributed by atoms with Crippen molar-refractivity contribution in [3.63, 3.8) is 0 Å². The molecular formula is C15H19BrN2S. The zero-order valence-corrected chi connectivity index (χ0v) is 13.7. The first-order chi connectivity index (χ1) is 9.08. The van der Waals surface area contributed by atoms with Gasteiger partial charge in [-0.15, -0.1) is 11.3 Å². The fourth-order valence-corrected chi connectivity index (χ4v) is 3.37. The third-order valence-corrected chi connectivity index (χ3v) is 4.75. The highest BCUT2D eigenvalue weighted by molar-refractivity contribution is 9.10. The second-order valence-electron chi connectivity index (χ2n) is 4.75. The second-order valence-corrected chi connectivity index (χ2v) is 6.64. The van der Waals surface area contributed by atoms with Crippen molar-refractivity contribution < 1.29 is 0 Å². The zero-order chi connectivity index (χ0) is 13.8. The SMILES string of the molecule is CC(N)c1ccc(N(C)CCc2cccs2)c(Br)c1. The molecule has 2 nitrogen and oxygen atoms in total. The molecule has 0 bridgehead atoms. The number of likely N-dealkylation sites (N-methyl/N-ethyl adjacent to an activating group) is 1. The molecule has 0 fully saturated rings. The quantitative estimate of drug-likeness (QED) is 0.884. The molecule has 1 unspecified atom stereocenters. The van der Waals surface area contributed by atoms with E-state index in [0.717, 1.165) is 23.0 Å². The van der Waals surface area contributed by atoms with Crippen molar-refractivity contribution in [3.05, 3.63) is 50.6 Å². The Morgan fingerprint density at radius 1 is 1.37 bits per heavy atom. The number of nitrogens with zero attached hydrogens (tertiary/aromatic N) is 1. The van der Waals surface area contributed by atoms with E-state index in [1.54, 1.807) is 0 Å². The number of nitrogens with two attached hydrogens (primary N) is 1. The third kappa shape index (κ3) is 3.81. The van der Waals surface area contributed by atoms with Crippen molar-refractivity contribution >= 4 is 33.0 Å². The fourth-order valence-electron chi connectivity index (χ4n) is 1.97. The van der Waals surface area contributed by atoms with Crippen LogP contribution in [0.2, 0.25) is 0 Å². The molecule has 0 amide bonds. The zero-order valence-electron chi connectivity index (χ0n) is 11.3. The molecule has 0 saturated heterocycles. The van der Waals surface area contributed by atoms with Gasteiger partial charge in [-0.25, -0.2) is 0 Å². The Hall–Kier alpha value is -0.840. The molecule has 1 atom stereocenters. The van der Waals surface area contributed by atoms with E-state index in [2.05, 4.69) is 63.6 Å². The van der Waals surface area contributed by atoms with Gasteiger partial charge in [-0.3, -0.25) is 0 Å². The number of rotatable bonds is 5. The summed E-state index contributed by atoms with van der Waals surface area (Å²) in [6.07, 6.45) is 1.08. The maximum atomic E-state index is 5.90. The van der Waals surface area contributed by atoms with Gasteiger partial charge in [0.15, 0.2) is 0 Å². The van der Waals surface area contributed by atoms with E-state index in [1.807, 2.05) is 18.3 Å². The first-order valence-electron chi connectivity index (χ1n) is 6.36. The molecule has 102 valence electrons. The van der Waals surface area contributed by atoms with Crippen LogP contribution in [0.25, 0.3) is 0 Å². The number of benzene rings is 1. The van der Waals surface area contributed by atoms with Gasteiger partial charge in [-0.1, -0.05) is 12.1 Å². The number of anilines is 1. The number of hydrogen-bond donors (Lipinski definition) is 1. The Morgan fingerprint density at radius 3 is 2.74 bits per heavy atom. The van der Waals surface area contributed by atoms with Gasteiger partial charge in [0.25, 0.3) is 0 Å². The summed E-state index contributed by atoms with van der Waals surface area (Å²) in [5.41, 5.74) is 8.26. The predicted molar refractivity (Wildman–Crippen MR) is 88.0 cm³/mol. The largest absolute Gasteiger partial charge is 0.373 e. The summed E-state index contributed by atoms with van der Waals surface area (Å²) in [5.74, 6) is 0. The molecule has 0 saturated carbocycles.